The molecule has 7 nitrogen and oxygen atoms in total. The lowest BCUT2D eigenvalue weighted by Gasteiger charge is -2.60. The summed E-state index contributed by atoms with van der Waals surface area (Å²) in [5.41, 5.74) is 0. The molecule has 212 valence electrons. The molecule has 0 bridgehead atoms. The van der Waals surface area contributed by atoms with Gasteiger partial charge >= 0.3 is 8.32 Å². The molecule has 0 atom stereocenters. The summed E-state index contributed by atoms with van der Waals surface area (Å²) in [4.78, 5) is 0. The number of rotatable bonds is 16. The fraction of sp³-hybridized carbons (Fsp3) is 0.357. The number of hydrogen-bond acceptors (Lipinski definition) is 7. The Morgan fingerprint density at radius 3 is 0.821 bits per heavy atom. The molecule has 0 fully saturated rings. The van der Waals surface area contributed by atoms with Crippen LogP contribution in [0.3, 0.4) is 0 Å². The molecule has 0 saturated heterocycles. The maximum Gasteiger partial charge on any atom is 0.365 e. The van der Waals surface area contributed by atoms with Crippen molar-refractivity contribution in [2.45, 2.75) is 15.1 Å². The van der Waals surface area contributed by atoms with Crippen LogP contribution >= 0.6 is 0 Å². The predicted molar refractivity (Wildman–Crippen MR) is 167 cm³/mol. The Bertz CT molecular complexity index is 971. The summed E-state index contributed by atoms with van der Waals surface area (Å²) in [6.07, 6.45) is 0. The van der Waals surface area contributed by atoms with Crippen molar-refractivity contribution >= 4 is 52.4 Å². The van der Waals surface area contributed by atoms with E-state index in [0.717, 1.165) is 15.6 Å². The van der Waals surface area contributed by atoms with Gasteiger partial charge in [-0.15, -0.1) is 0 Å². The zero-order valence-corrected chi connectivity index (χ0v) is 29.4. The third kappa shape index (κ3) is 5.85. The maximum atomic E-state index is 6.89. The molecule has 0 aliphatic heterocycles. The van der Waals surface area contributed by atoms with Gasteiger partial charge in [0.2, 0.25) is 0 Å². The lowest BCUT2D eigenvalue weighted by Crippen LogP contribution is -2.91. The Morgan fingerprint density at radius 1 is 0.410 bits per heavy atom. The van der Waals surface area contributed by atoms with Gasteiger partial charge in [0.25, 0.3) is 0 Å². The molecule has 0 heterocycles. The van der Waals surface area contributed by atoms with Crippen LogP contribution in [0.25, 0.3) is 0 Å². The van der Waals surface area contributed by atoms with E-state index in [1.165, 1.54) is 0 Å². The first-order valence-corrected chi connectivity index (χ1v) is 19.0. The topological polar surface area (TPSA) is 64.6 Å². The van der Waals surface area contributed by atoms with Crippen molar-refractivity contribution in [1.29, 1.82) is 0 Å². The van der Waals surface area contributed by atoms with Crippen LogP contribution in [-0.4, -0.2) is 102 Å². The Balaban J connectivity index is 2.43. The van der Waals surface area contributed by atoms with Crippen LogP contribution in [0.1, 0.15) is 0 Å². The van der Waals surface area contributed by atoms with Crippen LogP contribution in [0.2, 0.25) is 0 Å². The summed E-state index contributed by atoms with van der Waals surface area (Å²) < 4.78 is 46.1. The van der Waals surface area contributed by atoms with Crippen LogP contribution in [0.15, 0.2) is 91.0 Å². The highest BCUT2D eigenvalue weighted by Crippen LogP contribution is 2.45. The normalized spacial score (nSPS) is 15.2. The third-order valence-electron chi connectivity index (χ3n) is 7.73. The molecular weight excluding hydrogens is 561 g/mol. The van der Waals surface area contributed by atoms with E-state index >= 15 is 0 Å². The first kappa shape index (κ1) is 31.8. The molecule has 11 heteroatoms. The minimum Gasteiger partial charge on any atom is -0.408 e. The fourth-order valence-electron chi connectivity index (χ4n) is 5.85. The first-order chi connectivity index (χ1) is 18.9. The van der Waals surface area contributed by atoms with E-state index in [1.54, 1.807) is 49.8 Å². The van der Waals surface area contributed by atoms with Gasteiger partial charge in [0.1, 0.15) is 28.6 Å². The number of methoxy groups -OCH3 is 6. The Hall–Kier alpha value is -1.75. The van der Waals surface area contributed by atoms with Crippen molar-refractivity contribution in [2.75, 3.05) is 49.8 Å². The molecule has 0 amide bonds. The van der Waals surface area contributed by atoms with Gasteiger partial charge in [-0.25, -0.2) is 0 Å². The second-order valence-electron chi connectivity index (χ2n) is 9.36. The molecule has 0 N–H and O–H groups in total. The molecule has 0 spiro atoms. The third-order valence-corrected chi connectivity index (χ3v) is 24.6. The molecule has 0 unspecified atom stereocenters. The van der Waals surface area contributed by atoms with Crippen molar-refractivity contribution in [3.05, 3.63) is 91.0 Å². The lowest BCUT2D eigenvalue weighted by molar-refractivity contribution is -0.191. The minimum absolute atomic E-state index is 1.15. The van der Waals surface area contributed by atoms with Crippen molar-refractivity contribution in [3.63, 3.8) is 0 Å². The number of hydrogen-bond donors (Lipinski definition) is 0. The second-order valence-corrected chi connectivity index (χ2v) is 21.8. The molecule has 0 aromatic heterocycles. The van der Waals surface area contributed by atoms with Gasteiger partial charge in [0.15, 0.2) is 15.1 Å². The van der Waals surface area contributed by atoms with E-state index in [0.29, 0.717) is 0 Å². The summed E-state index contributed by atoms with van der Waals surface area (Å²) in [5, 5.41) is -0.111. The zero-order chi connectivity index (χ0) is 28.4. The van der Waals surface area contributed by atoms with Crippen molar-refractivity contribution in [3.8, 4) is 0 Å². The van der Waals surface area contributed by atoms with E-state index in [9.17, 15) is 0 Å². The first-order valence-electron chi connectivity index (χ1n) is 12.9. The van der Waals surface area contributed by atoms with Crippen LogP contribution < -0.4 is 15.6 Å². The van der Waals surface area contributed by atoms with Crippen LogP contribution in [0, 0.1) is 0 Å². The van der Waals surface area contributed by atoms with Crippen molar-refractivity contribution < 1.29 is 32.8 Å². The van der Waals surface area contributed by atoms with Crippen LogP contribution in [-0.2, 0) is 32.8 Å². The molecule has 0 saturated carbocycles. The molecule has 0 aliphatic carbocycles. The van der Waals surface area contributed by atoms with Crippen molar-refractivity contribution in [2.24, 2.45) is 0 Å². The molecule has 3 aromatic rings. The van der Waals surface area contributed by atoms with Gasteiger partial charge in [-0.2, -0.15) is 0 Å². The lowest BCUT2D eigenvalue weighted by atomic mass is 10.4. The molecule has 3 aromatic carbocycles. The second kappa shape index (κ2) is 14.2. The average Bonchev–Trinajstić information content (AvgIpc) is 3.01. The highest BCUT2D eigenvalue weighted by atomic mass is 28.4. The van der Waals surface area contributed by atoms with Crippen LogP contribution in [0.4, 0.5) is 0 Å². The molecular formula is C28H42O7Si4. The monoisotopic (exact) mass is 602 g/mol. The van der Waals surface area contributed by atoms with Gasteiger partial charge in [-0.3, -0.25) is 0 Å². The zero-order valence-electron chi connectivity index (χ0n) is 24.1. The molecule has 0 radical (unpaired) electrons. The van der Waals surface area contributed by atoms with Gasteiger partial charge in [0.05, 0.1) is 0 Å². The Kier molecular flexibility index (Phi) is 11.6. The fourth-order valence-corrected chi connectivity index (χ4v) is 27.5. The highest BCUT2D eigenvalue weighted by Gasteiger charge is 2.80. The van der Waals surface area contributed by atoms with E-state index < -0.39 is 52.0 Å². The Labute approximate surface area is 240 Å². The highest BCUT2D eigenvalue weighted by molar-refractivity contribution is 7.02. The quantitative estimate of drug-likeness (QED) is 0.162. The van der Waals surface area contributed by atoms with Gasteiger partial charge in [-0.05, 0) is 0 Å². The van der Waals surface area contributed by atoms with E-state index in [2.05, 4.69) is 36.4 Å². The van der Waals surface area contributed by atoms with Gasteiger partial charge in [-0.1, -0.05) is 107 Å². The SMILES string of the molecule is COC(OC)([SiH2]c1ccccc1)[Si](OC)(C(OC)(OC)[SiH2]c1ccccc1)C(OC)(OC)[SiH2]c1ccccc1. The minimum atomic E-state index is -3.81. The smallest absolute Gasteiger partial charge is 0.365 e. The standard InChI is InChI=1S/C28H42O7Si4/c1-29-26(30-2,36-23-17-11-8-12-18-23)39(35-7,27(31-3,32-4)37-24-19-13-9-14-20-24)28(33-5,34-6)38-25-21-15-10-16-22-25/h8-22H,36-38H2,1-7H3. The molecule has 39 heavy (non-hydrogen) atoms. The summed E-state index contributed by atoms with van der Waals surface area (Å²) in [5.74, 6) is 0. The molecule has 0 aliphatic rings. The van der Waals surface area contributed by atoms with E-state index in [-0.39, 0.29) is 0 Å². The van der Waals surface area contributed by atoms with Crippen molar-refractivity contribution in [1.82, 2.24) is 0 Å². The van der Waals surface area contributed by atoms with Gasteiger partial charge in [0, 0.05) is 49.8 Å². The Morgan fingerprint density at radius 2 is 0.641 bits per heavy atom. The maximum absolute atomic E-state index is 6.89. The van der Waals surface area contributed by atoms with Crippen LogP contribution in [0.5, 0.6) is 0 Å². The molecule has 3 rings (SSSR count). The van der Waals surface area contributed by atoms with E-state index in [1.807, 2.05) is 54.6 Å². The summed E-state index contributed by atoms with van der Waals surface area (Å²) in [6, 6.07) is 30.9. The summed E-state index contributed by atoms with van der Waals surface area (Å²) in [7, 11) is 3.85. The number of benzene rings is 3. The predicted octanol–water partition coefficient (Wildman–Crippen LogP) is -0.481. The largest absolute Gasteiger partial charge is 0.408 e. The summed E-state index contributed by atoms with van der Waals surface area (Å²) >= 11 is 0. The average molecular weight is 603 g/mol. The summed E-state index contributed by atoms with van der Waals surface area (Å²) in [6.45, 7) is 0. The van der Waals surface area contributed by atoms with E-state index in [4.69, 9.17) is 32.8 Å². The van der Waals surface area contributed by atoms with Gasteiger partial charge < -0.3 is 32.8 Å². The number of ether oxygens (including phenoxy) is 6.